The third-order valence-electron chi connectivity index (χ3n) is 7.65. The number of rotatable bonds is 28. The summed E-state index contributed by atoms with van der Waals surface area (Å²) in [5, 5.41) is 0. The number of aliphatic imine (C=N–C) groups is 1. The molecule has 0 rings (SSSR count). The van der Waals surface area contributed by atoms with Crippen LogP contribution in [-0.4, -0.2) is 30.0 Å². The van der Waals surface area contributed by atoms with Gasteiger partial charge < -0.3 is 17.2 Å². The van der Waals surface area contributed by atoms with Gasteiger partial charge in [0, 0.05) is 6.54 Å². The highest BCUT2D eigenvalue weighted by Gasteiger charge is 2.36. The van der Waals surface area contributed by atoms with Crippen molar-refractivity contribution in [1.29, 1.82) is 0 Å². The fraction of sp³-hybridized carbons (Fsp3) is 0.906. The topological polar surface area (TPSA) is 143 Å². The number of unbranched alkanes of at least 4 members (excludes halogenated alkanes) is 19. The Labute approximate surface area is 245 Å². The molecule has 8 heteroatoms. The van der Waals surface area contributed by atoms with Crippen molar-refractivity contribution in [1.82, 2.24) is 0 Å². The van der Waals surface area contributed by atoms with E-state index in [4.69, 9.17) is 27.0 Å². The van der Waals surface area contributed by atoms with Gasteiger partial charge in [0.1, 0.15) is 5.54 Å². The van der Waals surface area contributed by atoms with Crippen LogP contribution < -0.4 is 17.2 Å². The van der Waals surface area contributed by atoms with Crippen LogP contribution >= 0.6 is 0 Å². The van der Waals surface area contributed by atoms with Gasteiger partial charge in [0.15, 0.2) is 5.96 Å². The van der Waals surface area contributed by atoms with Crippen LogP contribution in [0.15, 0.2) is 4.99 Å². The van der Waals surface area contributed by atoms with Gasteiger partial charge in [0.2, 0.25) is 0 Å². The molecule has 0 aromatic heterocycles. The first-order valence-corrected chi connectivity index (χ1v) is 16.6. The molecule has 0 amide bonds. The van der Waals surface area contributed by atoms with Crippen LogP contribution in [0.3, 0.4) is 0 Å². The van der Waals surface area contributed by atoms with Crippen LogP contribution in [0.1, 0.15) is 174 Å². The van der Waals surface area contributed by atoms with Gasteiger partial charge in [0.25, 0.3) is 0 Å². The summed E-state index contributed by atoms with van der Waals surface area (Å²) in [6.07, 6.45) is 27.1. The van der Waals surface area contributed by atoms with Crippen molar-refractivity contribution in [2.45, 2.75) is 180 Å². The summed E-state index contributed by atoms with van der Waals surface area (Å²) < 4.78 is 0. The van der Waals surface area contributed by atoms with Crippen molar-refractivity contribution in [3.63, 3.8) is 0 Å². The molecule has 0 radical (unpaired) electrons. The second-order valence-corrected chi connectivity index (χ2v) is 11.6. The van der Waals surface area contributed by atoms with E-state index in [1.165, 1.54) is 96.3 Å². The maximum Gasteiger partial charge on any atom is 0.375 e. The predicted molar refractivity (Wildman–Crippen MR) is 167 cm³/mol. The van der Waals surface area contributed by atoms with Gasteiger partial charge >= 0.3 is 11.9 Å². The Kier molecular flexibility index (Phi) is 26.1. The molecule has 0 bridgehead atoms. The van der Waals surface area contributed by atoms with Gasteiger partial charge in [-0.15, -0.1) is 0 Å². The maximum atomic E-state index is 12.8. The Morgan fingerprint density at radius 1 is 0.575 bits per heavy atom. The fourth-order valence-corrected chi connectivity index (χ4v) is 5.00. The molecule has 8 nitrogen and oxygen atoms in total. The number of carbonyl (C=O) groups is 2. The smallest absolute Gasteiger partial charge is 0.370 e. The second-order valence-electron chi connectivity index (χ2n) is 11.6. The minimum Gasteiger partial charge on any atom is -0.370 e. The molecule has 0 saturated heterocycles. The van der Waals surface area contributed by atoms with Gasteiger partial charge in [-0.1, -0.05) is 142 Å². The summed E-state index contributed by atoms with van der Waals surface area (Å²) in [6.45, 7) is 4.82. The van der Waals surface area contributed by atoms with Crippen LogP contribution in [0.5, 0.6) is 0 Å². The lowest BCUT2D eigenvalue weighted by molar-refractivity contribution is -0.263. The molecule has 6 N–H and O–H groups in total. The summed E-state index contributed by atoms with van der Waals surface area (Å²) in [4.78, 5) is 38.6. The summed E-state index contributed by atoms with van der Waals surface area (Å²) >= 11 is 0. The first-order chi connectivity index (χ1) is 19.4. The zero-order valence-corrected chi connectivity index (χ0v) is 26.2. The van der Waals surface area contributed by atoms with Gasteiger partial charge in [-0.2, -0.15) is 0 Å². The molecular weight excluding hydrogens is 504 g/mol. The van der Waals surface area contributed by atoms with Crippen molar-refractivity contribution in [2.75, 3.05) is 6.54 Å². The molecule has 0 aliphatic heterocycles. The minimum absolute atomic E-state index is 0.00820. The normalized spacial score (nSPS) is 12.6. The summed E-state index contributed by atoms with van der Waals surface area (Å²) in [7, 11) is 0. The number of hydrogen-bond acceptors (Lipinski definition) is 6. The van der Waals surface area contributed by atoms with Crippen LogP contribution in [0.4, 0.5) is 0 Å². The number of nitrogens with two attached hydrogens (primary N) is 3. The molecule has 0 fully saturated rings. The van der Waals surface area contributed by atoms with E-state index in [9.17, 15) is 9.59 Å². The van der Waals surface area contributed by atoms with E-state index < -0.39 is 17.5 Å². The molecule has 0 aromatic carbocycles. The molecular formula is C32H64N4O4. The van der Waals surface area contributed by atoms with E-state index in [-0.39, 0.29) is 12.4 Å². The first kappa shape index (κ1) is 38.2. The lowest BCUT2D eigenvalue weighted by Crippen LogP contribution is -2.49. The Morgan fingerprint density at radius 3 is 1.43 bits per heavy atom. The van der Waals surface area contributed by atoms with E-state index in [2.05, 4.69) is 18.8 Å². The van der Waals surface area contributed by atoms with Crippen molar-refractivity contribution >= 4 is 17.9 Å². The fourth-order valence-electron chi connectivity index (χ4n) is 5.00. The average molecular weight is 569 g/mol. The molecule has 1 unspecified atom stereocenters. The second kappa shape index (κ2) is 27.3. The van der Waals surface area contributed by atoms with Crippen molar-refractivity contribution in [3.05, 3.63) is 0 Å². The standard InChI is InChI=1S/C32H64N4O4/c1-3-5-7-9-11-12-13-14-15-16-17-18-19-20-22-25-29(37)39-40-30(38)32(35,27-24-28-36-31(33)34)26-23-21-10-8-6-4-2/h3-28,35H2,1-2H3,(H4,33,34,36). The van der Waals surface area contributed by atoms with Gasteiger partial charge in [-0.05, 0) is 25.7 Å². The van der Waals surface area contributed by atoms with Gasteiger partial charge in [-0.25, -0.2) is 19.4 Å². The van der Waals surface area contributed by atoms with Crippen molar-refractivity contribution < 1.29 is 19.4 Å². The quantitative estimate of drug-likeness (QED) is 0.0288. The monoisotopic (exact) mass is 568 g/mol. The SMILES string of the molecule is CCCCCCCCCCCCCCCCCC(=O)OOC(=O)C(N)(CCCCCCCC)CCCN=C(N)N. The zero-order valence-electron chi connectivity index (χ0n) is 26.2. The van der Waals surface area contributed by atoms with Crippen LogP contribution in [0.2, 0.25) is 0 Å². The summed E-state index contributed by atoms with van der Waals surface area (Å²) in [5.41, 5.74) is 16.0. The highest BCUT2D eigenvalue weighted by molar-refractivity contribution is 5.81. The molecule has 1 atom stereocenters. The number of guanidine groups is 1. The zero-order chi connectivity index (χ0) is 29.7. The molecule has 0 aromatic rings. The van der Waals surface area contributed by atoms with Crippen LogP contribution in [0, 0.1) is 0 Å². The molecule has 40 heavy (non-hydrogen) atoms. The number of hydrogen-bond donors (Lipinski definition) is 3. The Morgan fingerprint density at radius 2 is 0.975 bits per heavy atom. The molecule has 0 aliphatic carbocycles. The lowest BCUT2D eigenvalue weighted by Gasteiger charge is -2.25. The van der Waals surface area contributed by atoms with E-state index >= 15 is 0 Å². The number of carbonyl (C=O) groups excluding carboxylic acids is 2. The third-order valence-corrected chi connectivity index (χ3v) is 7.65. The van der Waals surface area contributed by atoms with E-state index in [0.717, 1.165) is 38.5 Å². The molecule has 0 saturated carbocycles. The Hall–Kier alpha value is -1.83. The van der Waals surface area contributed by atoms with Crippen molar-refractivity contribution in [2.24, 2.45) is 22.2 Å². The maximum absolute atomic E-state index is 12.8. The van der Waals surface area contributed by atoms with E-state index in [1.807, 2.05) is 0 Å². The van der Waals surface area contributed by atoms with E-state index in [0.29, 0.717) is 25.8 Å². The minimum atomic E-state index is -1.22. The highest BCUT2D eigenvalue weighted by Crippen LogP contribution is 2.22. The largest absolute Gasteiger partial charge is 0.375 e. The number of nitrogens with zero attached hydrogens (tertiary/aromatic N) is 1. The molecule has 0 heterocycles. The van der Waals surface area contributed by atoms with Gasteiger partial charge in [-0.3, -0.25) is 4.99 Å². The Bertz CT molecular complexity index is 640. The highest BCUT2D eigenvalue weighted by atomic mass is 17.2. The molecule has 236 valence electrons. The average Bonchev–Trinajstić information content (AvgIpc) is 2.93. The van der Waals surface area contributed by atoms with Crippen molar-refractivity contribution in [3.8, 4) is 0 Å². The van der Waals surface area contributed by atoms with Gasteiger partial charge in [0.05, 0.1) is 6.42 Å². The van der Waals surface area contributed by atoms with E-state index in [1.54, 1.807) is 0 Å². The predicted octanol–water partition coefficient (Wildman–Crippen LogP) is 7.75. The lowest BCUT2D eigenvalue weighted by atomic mass is 9.88. The molecule has 0 aliphatic rings. The molecule has 0 spiro atoms. The van der Waals surface area contributed by atoms with Crippen LogP contribution in [0.25, 0.3) is 0 Å². The third kappa shape index (κ3) is 24.0. The summed E-state index contributed by atoms with van der Waals surface area (Å²) in [6, 6.07) is 0. The van der Waals surface area contributed by atoms with Crippen LogP contribution in [-0.2, 0) is 19.4 Å². The Balaban J connectivity index is 4.03. The first-order valence-electron chi connectivity index (χ1n) is 16.6. The summed E-state index contributed by atoms with van der Waals surface area (Å²) in [5.74, 6) is -1.21.